The van der Waals surface area contributed by atoms with Crippen LogP contribution in [0.5, 0.6) is 0 Å². The first-order valence-corrected chi connectivity index (χ1v) is 9.74. The fourth-order valence-corrected chi connectivity index (χ4v) is 3.42. The number of alkyl halides is 3. The van der Waals surface area contributed by atoms with Gasteiger partial charge in [-0.15, -0.1) is 0 Å². The highest BCUT2D eigenvalue weighted by atomic mass is 32.2. The molecule has 0 saturated carbocycles. The van der Waals surface area contributed by atoms with Crippen LogP contribution in [-0.2, 0) is 32.3 Å². The molecule has 2 aromatic carbocycles. The number of Topliss-reactive ketones (excluding diaryl/α,β-unsaturated/α-hetero) is 1. The number of rotatable bonds is 7. The van der Waals surface area contributed by atoms with Crippen LogP contribution in [0.2, 0.25) is 0 Å². The van der Waals surface area contributed by atoms with Gasteiger partial charge in [-0.05, 0) is 36.8 Å². The molecule has 0 heterocycles. The third kappa shape index (κ3) is 5.88. The maximum absolute atomic E-state index is 12.5. The number of sulfonamides is 1. The van der Waals surface area contributed by atoms with Crippen molar-refractivity contribution in [3.05, 3.63) is 65.2 Å². The molecule has 0 spiro atoms. The van der Waals surface area contributed by atoms with Crippen LogP contribution in [0.3, 0.4) is 0 Å². The summed E-state index contributed by atoms with van der Waals surface area (Å²) >= 11 is 0. The van der Waals surface area contributed by atoms with Crippen molar-refractivity contribution in [2.24, 2.45) is 0 Å². The average Bonchev–Trinajstić information content (AvgIpc) is 2.66. The van der Waals surface area contributed by atoms with Gasteiger partial charge in [0.1, 0.15) is 13.2 Å². The van der Waals surface area contributed by atoms with E-state index in [1.165, 1.54) is 50.4 Å². The highest BCUT2D eigenvalue weighted by Crippen LogP contribution is 2.29. The predicted molar refractivity (Wildman–Crippen MR) is 97.5 cm³/mol. The Morgan fingerprint density at radius 3 is 2.03 bits per heavy atom. The Balaban J connectivity index is 1.96. The molecule has 0 aliphatic heterocycles. The third-order valence-electron chi connectivity index (χ3n) is 4.00. The molecule has 29 heavy (non-hydrogen) atoms. The van der Waals surface area contributed by atoms with E-state index in [9.17, 15) is 31.2 Å². The first-order chi connectivity index (χ1) is 13.4. The topological polar surface area (TPSA) is 80.8 Å². The highest BCUT2D eigenvalue weighted by molar-refractivity contribution is 7.89. The number of esters is 1. The fraction of sp³-hybridized carbons (Fsp3) is 0.263. The summed E-state index contributed by atoms with van der Waals surface area (Å²) in [5, 5.41) is 0. The molecule has 156 valence electrons. The van der Waals surface area contributed by atoms with Gasteiger partial charge in [-0.1, -0.05) is 24.3 Å². The van der Waals surface area contributed by atoms with Crippen molar-refractivity contribution in [3.63, 3.8) is 0 Å². The minimum absolute atomic E-state index is 0.0967. The Hall–Kier alpha value is -2.72. The molecule has 0 radical (unpaired) electrons. The van der Waals surface area contributed by atoms with E-state index >= 15 is 0 Å². The van der Waals surface area contributed by atoms with Gasteiger partial charge < -0.3 is 4.74 Å². The summed E-state index contributed by atoms with van der Waals surface area (Å²) in [6, 6.07) is 9.33. The number of halogens is 3. The largest absolute Gasteiger partial charge is 0.460 e. The Morgan fingerprint density at radius 1 is 1.00 bits per heavy atom. The number of benzene rings is 2. The molecule has 0 bridgehead atoms. The molecule has 0 aliphatic carbocycles. The zero-order valence-corrected chi connectivity index (χ0v) is 16.4. The molecule has 6 nitrogen and oxygen atoms in total. The van der Waals surface area contributed by atoms with Gasteiger partial charge in [0.05, 0.1) is 10.5 Å². The quantitative estimate of drug-likeness (QED) is 0.499. The molecule has 0 amide bonds. The van der Waals surface area contributed by atoms with E-state index in [0.717, 1.165) is 16.4 Å². The molecule has 2 aromatic rings. The van der Waals surface area contributed by atoms with Crippen molar-refractivity contribution >= 4 is 21.8 Å². The first-order valence-electron chi connectivity index (χ1n) is 8.30. The maximum Gasteiger partial charge on any atom is 0.416 e. The van der Waals surface area contributed by atoms with Gasteiger partial charge in [-0.3, -0.25) is 9.59 Å². The van der Waals surface area contributed by atoms with Gasteiger partial charge >= 0.3 is 12.1 Å². The minimum atomic E-state index is -4.46. The van der Waals surface area contributed by atoms with Crippen LogP contribution in [0.25, 0.3) is 0 Å². The molecular weight excluding hydrogens is 411 g/mol. The summed E-state index contributed by atoms with van der Waals surface area (Å²) < 4.78 is 68.3. The third-order valence-corrected chi connectivity index (χ3v) is 5.82. The lowest BCUT2D eigenvalue weighted by atomic mass is 10.1. The number of carbonyl (C=O) groups excluding carboxylic acids is 2. The second kappa shape index (κ2) is 8.75. The lowest BCUT2D eigenvalue weighted by molar-refractivity contribution is -0.145. The van der Waals surface area contributed by atoms with E-state index in [0.29, 0.717) is 11.1 Å². The number of carbonyl (C=O) groups is 2. The van der Waals surface area contributed by atoms with Gasteiger partial charge in [-0.2, -0.15) is 17.5 Å². The van der Waals surface area contributed by atoms with Crippen LogP contribution in [0, 0.1) is 0 Å². The molecule has 0 saturated heterocycles. The van der Waals surface area contributed by atoms with Crippen molar-refractivity contribution in [2.75, 3.05) is 13.6 Å². The van der Waals surface area contributed by atoms with Crippen LogP contribution in [-0.4, -0.2) is 38.1 Å². The van der Waals surface area contributed by atoms with Crippen LogP contribution in [0.15, 0.2) is 53.4 Å². The van der Waals surface area contributed by atoms with Gasteiger partial charge in [-0.25, -0.2) is 8.42 Å². The van der Waals surface area contributed by atoms with Crippen LogP contribution < -0.4 is 0 Å². The molecule has 0 atom stereocenters. The van der Waals surface area contributed by atoms with Gasteiger partial charge in [0.2, 0.25) is 10.0 Å². The van der Waals surface area contributed by atoms with E-state index in [-0.39, 0.29) is 17.3 Å². The molecule has 0 unspecified atom stereocenters. The van der Waals surface area contributed by atoms with Crippen LogP contribution >= 0.6 is 0 Å². The Morgan fingerprint density at radius 2 is 1.55 bits per heavy atom. The van der Waals surface area contributed by atoms with E-state index in [1.54, 1.807) is 0 Å². The molecule has 2 rings (SSSR count). The normalized spacial score (nSPS) is 12.1. The summed E-state index contributed by atoms with van der Waals surface area (Å²) in [5.74, 6) is -1.08. The van der Waals surface area contributed by atoms with E-state index in [2.05, 4.69) is 0 Å². The minimum Gasteiger partial charge on any atom is -0.460 e. The van der Waals surface area contributed by atoms with Crippen LogP contribution in [0.4, 0.5) is 13.2 Å². The van der Waals surface area contributed by atoms with Crippen LogP contribution in [0.1, 0.15) is 28.4 Å². The lowest BCUT2D eigenvalue weighted by Gasteiger charge is -2.16. The zero-order chi connectivity index (χ0) is 21.8. The van der Waals surface area contributed by atoms with Gasteiger partial charge in [0.15, 0.2) is 5.78 Å². The maximum atomic E-state index is 12.5. The number of hydrogen-bond acceptors (Lipinski definition) is 5. The second-order valence-corrected chi connectivity index (χ2v) is 8.24. The van der Waals surface area contributed by atoms with Crippen molar-refractivity contribution in [1.29, 1.82) is 0 Å². The summed E-state index contributed by atoms with van der Waals surface area (Å²) in [5.41, 5.74) is -0.145. The molecular formula is C19H18F3NO5S. The number of hydrogen-bond donors (Lipinski definition) is 0. The summed E-state index contributed by atoms with van der Waals surface area (Å²) in [7, 11) is -2.80. The van der Waals surface area contributed by atoms with Crippen molar-refractivity contribution < 1.29 is 35.9 Å². The first kappa shape index (κ1) is 22.6. The lowest BCUT2D eigenvalue weighted by Crippen LogP contribution is -2.33. The monoisotopic (exact) mass is 429 g/mol. The van der Waals surface area contributed by atoms with E-state index in [1.807, 2.05) is 0 Å². The van der Waals surface area contributed by atoms with Crippen molar-refractivity contribution in [1.82, 2.24) is 4.31 Å². The molecule has 0 aromatic heterocycles. The number of nitrogens with zero attached hydrogens (tertiary/aromatic N) is 1. The molecule has 0 fully saturated rings. The van der Waals surface area contributed by atoms with Crippen molar-refractivity contribution in [3.8, 4) is 0 Å². The Bertz CT molecular complexity index is 984. The molecule has 10 heteroatoms. The Labute approximate surface area is 165 Å². The molecule has 0 N–H and O–H groups in total. The summed E-state index contributed by atoms with van der Waals surface area (Å²) in [6.45, 7) is 0.470. The standard InChI is InChI=1S/C19H18F3NO5S/c1-13(24)15-5-9-17(10-6-15)29(26,27)23(2)11-18(25)28-12-14-3-7-16(8-4-14)19(20,21)22/h3-10H,11-12H2,1-2H3. The SMILES string of the molecule is CC(=O)c1ccc(S(=O)(=O)N(C)CC(=O)OCc2ccc(C(F)(F)F)cc2)cc1. The molecule has 0 aliphatic rings. The number of ketones is 1. The summed E-state index contributed by atoms with van der Waals surface area (Å²) in [6.07, 6.45) is -4.46. The highest BCUT2D eigenvalue weighted by Gasteiger charge is 2.30. The van der Waals surface area contributed by atoms with Gasteiger partial charge in [0, 0.05) is 12.6 Å². The smallest absolute Gasteiger partial charge is 0.416 e. The van der Waals surface area contributed by atoms with E-state index < -0.39 is 34.3 Å². The van der Waals surface area contributed by atoms with Gasteiger partial charge in [0.25, 0.3) is 0 Å². The summed E-state index contributed by atoms with van der Waals surface area (Å²) in [4.78, 5) is 23.1. The zero-order valence-electron chi connectivity index (χ0n) is 15.6. The number of ether oxygens (including phenoxy) is 1. The van der Waals surface area contributed by atoms with Crippen molar-refractivity contribution in [2.45, 2.75) is 24.6 Å². The fourth-order valence-electron chi connectivity index (χ4n) is 2.31. The second-order valence-electron chi connectivity index (χ2n) is 6.20. The predicted octanol–water partition coefficient (Wildman–Crippen LogP) is 3.27. The van der Waals surface area contributed by atoms with E-state index in [4.69, 9.17) is 4.74 Å². The average molecular weight is 429 g/mol. The Kier molecular flexibility index (Phi) is 6.81. The number of likely N-dealkylation sites (N-methyl/N-ethyl adjacent to an activating group) is 1.